The Bertz CT molecular complexity index is 1070. The Hall–Kier alpha value is -3.84. The van der Waals surface area contributed by atoms with E-state index in [1.54, 1.807) is 6.92 Å². The van der Waals surface area contributed by atoms with Gasteiger partial charge in [0.15, 0.2) is 0 Å². The van der Waals surface area contributed by atoms with Crippen LogP contribution in [-0.2, 0) is 53.1 Å². The summed E-state index contributed by atoms with van der Waals surface area (Å²) < 4.78 is 35.8. The summed E-state index contributed by atoms with van der Waals surface area (Å²) in [7, 11) is -3.95. The van der Waals surface area contributed by atoms with Crippen molar-refractivity contribution >= 4 is 51.6 Å². The zero-order chi connectivity index (χ0) is 32.8. The van der Waals surface area contributed by atoms with E-state index in [2.05, 4.69) is 16.0 Å². The lowest BCUT2D eigenvalue weighted by Gasteiger charge is -2.16. The SMILES string of the molecule is CC[C@H](NC(=O)CC[C@H](NC(=O)COCCOCCNC(=O)CCCS(=O)(=O)NC(=O)CCCC(=O)O)C(=O)O)C(=O)O. The van der Waals surface area contributed by atoms with Crippen LogP contribution in [-0.4, -0.2) is 116 Å². The molecule has 2 atom stereocenters. The highest BCUT2D eigenvalue weighted by atomic mass is 32.2. The van der Waals surface area contributed by atoms with Crippen molar-refractivity contribution < 1.29 is 66.8 Å². The second-order valence-electron chi connectivity index (χ2n) is 9.07. The molecular formula is C24H40N4O14S. The molecular weight excluding hydrogens is 600 g/mol. The predicted molar refractivity (Wildman–Crippen MR) is 146 cm³/mol. The number of hydrogen-bond donors (Lipinski definition) is 7. The molecule has 19 heteroatoms. The largest absolute Gasteiger partial charge is 0.481 e. The molecule has 4 amide bonds. The Labute approximate surface area is 248 Å². The highest BCUT2D eigenvalue weighted by Gasteiger charge is 2.23. The van der Waals surface area contributed by atoms with Crippen LogP contribution in [0.4, 0.5) is 0 Å². The maximum Gasteiger partial charge on any atom is 0.326 e. The first-order valence-electron chi connectivity index (χ1n) is 13.4. The summed E-state index contributed by atoms with van der Waals surface area (Å²) in [5.74, 6) is -6.85. The van der Waals surface area contributed by atoms with Gasteiger partial charge >= 0.3 is 17.9 Å². The van der Waals surface area contributed by atoms with Crippen LogP contribution in [0.5, 0.6) is 0 Å². The molecule has 0 aliphatic carbocycles. The number of carbonyl (C=O) groups excluding carboxylic acids is 4. The first kappa shape index (κ1) is 39.2. The average Bonchev–Trinajstić information content (AvgIpc) is 2.89. The summed E-state index contributed by atoms with van der Waals surface area (Å²) in [6.45, 7) is 1.27. The molecule has 0 aromatic carbocycles. The fraction of sp³-hybridized carbons (Fsp3) is 0.708. The topological polar surface area (TPSA) is 281 Å². The summed E-state index contributed by atoms with van der Waals surface area (Å²) in [5.41, 5.74) is 0. The smallest absolute Gasteiger partial charge is 0.326 e. The number of carboxylic acid groups (broad SMARTS) is 3. The number of sulfonamides is 1. The molecule has 0 unspecified atom stereocenters. The fourth-order valence-corrected chi connectivity index (χ4v) is 4.28. The summed E-state index contributed by atoms with van der Waals surface area (Å²) >= 11 is 0. The van der Waals surface area contributed by atoms with E-state index in [1.165, 1.54) is 0 Å². The van der Waals surface area contributed by atoms with Crippen molar-refractivity contribution in [3.63, 3.8) is 0 Å². The number of ether oxygens (including phenoxy) is 2. The summed E-state index contributed by atoms with van der Waals surface area (Å²) in [5, 5.41) is 33.7. The number of carbonyl (C=O) groups is 7. The van der Waals surface area contributed by atoms with Gasteiger partial charge in [-0.25, -0.2) is 18.0 Å². The molecule has 0 bridgehead atoms. The molecule has 0 rings (SSSR count). The third-order valence-corrected chi connectivity index (χ3v) is 6.75. The highest BCUT2D eigenvalue weighted by molar-refractivity contribution is 7.90. The Morgan fingerprint density at radius 3 is 1.91 bits per heavy atom. The van der Waals surface area contributed by atoms with Gasteiger partial charge in [0.2, 0.25) is 33.7 Å². The van der Waals surface area contributed by atoms with Crippen LogP contribution in [0.2, 0.25) is 0 Å². The molecule has 0 aromatic rings. The molecule has 0 aromatic heterocycles. The van der Waals surface area contributed by atoms with E-state index >= 15 is 0 Å². The molecule has 246 valence electrons. The quantitative estimate of drug-likeness (QED) is 0.0529. The number of nitrogens with one attached hydrogen (secondary N) is 4. The number of aliphatic carboxylic acids is 3. The molecule has 0 fully saturated rings. The maximum atomic E-state index is 11.9. The molecule has 18 nitrogen and oxygen atoms in total. The molecule has 0 spiro atoms. The number of amides is 4. The predicted octanol–water partition coefficient (Wildman–Crippen LogP) is -2.05. The van der Waals surface area contributed by atoms with Crippen molar-refractivity contribution in [3.8, 4) is 0 Å². The van der Waals surface area contributed by atoms with E-state index in [0.717, 1.165) is 0 Å². The standard InChI is InChI=1S/C24H40N4O14S/c1-2-16(23(35)36)26-19(30)9-8-17(24(37)38)27-21(32)15-42-13-12-41-11-10-25-18(29)6-4-14-43(39,40)28-20(31)5-3-7-22(33)34/h16-17H,2-15H2,1H3,(H,25,29)(H,26,30)(H,27,32)(H,28,31)(H,33,34)(H,35,36)(H,37,38)/t16-,17-/m0/s1. The van der Waals surface area contributed by atoms with Crippen molar-refractivity contribution in [1.29, 1.82) is 0 Å². The normalized spacial score (nSPS) is 12.4. The number of rotatable bonds is 25. The lowest BCUT2D eigenvalue weighted by atomic mass is 10.1. The Morgan fingerprint density at radius 2 is 1.30 bits per heavy atom. The van der Waals surface area contributed by atoms with Crippen molar-refractivity contribution in [3.05, 3.63) is 0 Å². The van der Waals surface area contributed by atoms with Gasteiger partial charge in [0.05, 0.1) is 25.6 Å². The highest BCUT2D eigenvalue weighted by Crippen LogP contribution is 2.01. The van der Waals surface area contributed by atoms with Crippen molar-refractivity contribution in [1.82, 2.24) is 20.7 Å². The maximum absolute atomic E-state index is 11.9. The van der Waals surface area contributed by atoms with E-state index in [-0.39, 0.29) is 77.7 Å². The van der Waals surface area contributed by atoms with E-state index in [1.807, 2.05) is 4.72 Å². The molecule has 7 N–H and O–H groups in total. The fourth-order valence-electron chi connectivity index (χ4n) is 3.21. The van der Waals surface area contributed by atoms with Gasteiger partial charge in [0, 0.05) is 32.2 Å². The van der Waals surface area contributed by atoms with E-state index in [0.29, 0.717) is 0 Å². The first-order valence-corrected chi connectivity index (χ1v) is 15.0. The van der Waals surface area contributed by atoms with Crippen LogP contribution in [0.1, 0.15) is 58.3 Å². The minimum absolute atomic E-state index is 0.00234. The van der Waals surface area contributed by atoms with Gasteiger partial charge < -0.3 is 40.7 Å². The minimum Gasteiger partial charge on any atom is -0.481 e. The second kappa shape index (κ2) is 21.8. The Balaban J connectivity index is 4.01. The molecule has 0 aliphatic heterocycles. The van der Waals surface area contributed by atoms with Gasteiger partial charge in [0.25, 0.3) is 0 Å². The van der Waals surface area contributed by atoms with Crippen LogP contribution in [0.15, 0.2) is 0 Å². The third-order valence-electron chi connectivity index (χ3n) is 5.39. The van der Waals surface area contributed by atoms with Crippen molar-refractivity contribution in [2.24, 2.45) is 0 Å². The lowest BCUT2D eigenvalue weighted by molar-refractivity contribution is -0.144. The Kier molecular flexibility index (Phi) is 19.9. The van der Waals surface area contributed by atoms with E-state index in [4.69, 9.17) is 19.7 Å². The van der Waals surface area contributed by atoms with Crippen LogP contribution in [0.3, 0.4) is 0 Å². The van der Waals surface area contributed by atoms with Gasteiger partial charge in [-0.2, -0.15) is 0 Å². The number of carboxylic acids is 3. The first-order chi connectivity index (χ1) is 20.2. The van der Waals surface area contributed by atoms with Crippen LogP contribution in [0, 0.1) is 0 Å². The Morgan fingerprint density at radius 1 is 0.698 bits per heavy atom. The molecule has 0 radical (unpaired) electrons. The summed E-state index contributed by atoms with van der Waals surface area (Å²) in [4.78, 5) is 79.9. The molecule has 0 saturated carbocycles. The summed E-state index contributed by atoms with van der Waals surface area (Å²) in [6.07, 6.45) is -1.14. The molecule has 0 heterocycles. The molecule has 0 saturated heterocycles. The zero-order valence-corrected chi connectivity index (χ0v) is 24.6. The van der Waals surface area contributed by atoms with Crippen molar-refractivity contribution in [2.45, 2.75) is 70.4 Å². The number of hydrogen-bond acceptors (Lipinski definition) is 11. The van der Waals surface area contributed by atoms with Gasteiger partial charge in [-0.15, -0.1) is 0 Å². The van der Waals surface area contributed by atoms with E-state index in [9.17, 15) is 47.1 Å². The van der Waals surface area contributed by atoms with Gasteiger partial charge in [-0.3, -0.25) is 28.7 Å². The second-order valence-corrected chi connectivity index (χ2v) is 10.9. The third kappa shape index (κ3) is 21.5. The average molecular weight is 641 g/mol. The van der Waals surface area contributed by atoms with Gasteiger partial charge in [-0.05, 0) is 25.7 Å². The van der Waals surface area contributed by atoms with Crippen molar-refractivity contribution in [2.75, 3.05) is 38.7 Å². The van der Waals surface area contributed by atoms with E-state index < -0.39 is 76.0 Å². The molecule has 0 aliphatic rings. The zero-order valence-electron chi connectivity index (χ0n) is 23.8. The lowest BCUT2D eigenvalue weighted by Crippen LogP contribution is -2.44. The monoisotopic (exact) mass is 640 g/mol. The van der Waals surface area contributed by atoms with Crippen LogP contribution < -0.4 is 20.7 Å². The van der Waals surface area contributed by atoms with Crippen LogP contribution in [0.25, 0.3) is 0 Å². The van der Waals surface area contributed by atoms with Crippen LogP contribution >= 0.6 is 0 Å². The summed E-state index contributed by atoms with van der Waals surface area (Å²) in [6, 6.07) is -2.48. The molecule has 43 heavy (non-hydrogen) atoms. The minimum atomic E-state index is -3.95. The van der Waals surface area contributed by atoms with Gasteiger partial charge in [0.1, 0.15) is 18.7 Å². The van der Waals surface area contributed by atoms with Gasteiger partial charge in [-0.1, -0.05) is 6.92 Å².